The number of carbonyl (C=O) groups is 1. The zero-order chi connectivity index (χ0) is 12.4. The van der Waals surface area contributed by atoms with Crippen molar-refractivity contribution >= 4 is 40.2 Å². The number of carbonyl (C=O) groups excluding carboxylic acids is 1. The maximum Gasteiger partial charge on any atom is 0.264 e. The Labute approximate surface area is 113 Å². The summed E-state index contributed by atoms with van der Waals surface area (Å²) in [7, 11) is 1.81. The molecule has 5 heteroatoms. The molecule has 0 aliphatic rings. The van der Waals surface area contributed by atoms with Crippen LogP contribution in [-0.2, 0) is 6.54 Å². The van der Waals surface area contributed by atoms with Crippen LogP contribution in [0.15, 0.2) is 23.6 Å². The van der Waals surface area contributed by atoms with Gasteiger partial charge in [0.25, 0.3) is 5.91 Å². The van der Waals surface area contributed by atoms with Crippen molar-refractivity contribution in [3.8, 4) is 0 Å². The van der Waals surface area contributed by atoms with Crippen molar-refractivity contribution in [1.82, 2.24) is 4.90 Å². The minimum absolute atomic E-state index is 0.0229. The molecule has 2 nitrogen and oxygen atoms in total. The molecule has 1 amide bonds. The number of nitrogens with zero attached hydrogens (tertiary/aromatic N) is 1. The Morgan fingerprint density at radius 1 is 1.41 bits per heavy atom. The normalized spacial score (nSPS) is 10.5. The monoisotopic (exact) mass is 285 g/mol. The molecule has 0 fully saturated rings. The van der Waals surface area contributed by atoms with Crippen molar-refractivity contribution < 1.29 is 4.79 Å². The first-order valence-corrected chi connectivity index (χ1v) is 7.19. The largest absolute Gasteiger partial charge is 0.336 e. The second-order valence-corrected chi connectivity index (χ2v) is 6.51. The molecule has 0 aliphatic carbocycles. The summed E-state index contributed by atoms with van der Waals surface area (Å²) in [6.45, 7) is 2.71. The lowest BCUT2D eigenvalue weighted by Gasteiger charge is -2.15. The average Bonchev–Trinajstić information content (AvgIpc) is 2.88. The maximum atomic E-state index is 12.1. The number of aryl methyl sites for hydroxylation is 1. The summed E-state index contributed by atoms with van der Waals surface area (Å²) in [5.74, 6) is 0.0229. The molecule has 0 spiro atoms. The van der Waals surface area contributed by atoms with Crippen LogP contribution >= 0.6 is 34.3 Å². The molecule has 0 saturated carbocycles. The number of hydrogen-bond acceptors (Lipinski definition) is 3. The molecule has 0 unspecified atom stereocenters. The third-order valence-corrected chi connectivity index (χ3v) is 4.71. The van der Waals surface area contributed by atoms with Crippen LogP contribution in [0.3, 0.4) is 0 Å². The SMILES string of the molecule is Cc1ccsc1CN(C)C(=O)c1ccc(Cl)s1. The topological polar surface area (TPSA) is 20.3 Å². The fourth-order valence-corrected chi connectivity index (χ4v) is 3.47. The molecule has 0 saturated heterocycles. The Hall–Kier alpha value is -0.840. The Morgan fingerprint density at radius 2 is 2.18 bits per heavy atom. The first-order chi connectivity index (χ1) is 8.08. The van der Waals surface area contributed by atoms with Crippen molar-refractivity contribution in [3.05, 3.63) is 43.2 Å². The Kier molecular flexibility index (Phi) is 3.86. The zero-order valence-corrected chi connectivity index (χ0v) is 12.0. The van der Waals surface area contributed by atoms with Crippen LogP contribution in [0.25, 0.3) is 0 Å². The van der Waals surface area contributed by atoms with Gasteiger partial charge in [0.05, 0.1) is 15.8 Å². The molecule has 2 heterocycles. The summed E-state index contributed by atoms with van der Waals surface area (Å²) in [6.07, 6.45) is 0. The summed E-state index contributed by atoms with van der Waals surface area (Å²) >= 11 is 8.82. The lowest BCUT2D eigenvalue weighted by molar-refractivity contribution is 0.0791. The van der Waals surface area contributed by atoms with E-state index in [1.807, 2.05) is 12.4 Å². The fraction of sp³-hybridized carbons (Fsp3) is 0.250. The molecule has 90 valence electrons. The van der Waals surface area contributed by atoms with Gasteiger partial charge in [-0.2, -0.15) is 0 Å². The Balaban J connectivity index is 2.08. The molecule has 0 aromatic carbocycles. The molecule has 0 aliphatic heterocycles. The quantitative estimate of drug-likeness (QED) is 0.833. The van der Waals surface area contributed by atoms with Gasteiger partial charge in [-0.25, -0.2) is 0 Å². The van der Waals surface area contributed by atoms with Gasteiger partial charge in [0, 0.05) is 11.9 Å². The van der Waals surface area contributed by atoms with E-state index in [9.17, 15) is 4.79 Å². The van der Waals surface area contributed by atoms with Crippen LogP contribution in [-0.4, -0.2) is 17.9 Å². The van der Waals surface area contributed by atoms with Gasteiger partial charge in [0.15, 0.2) is 0 Å². The van der Waals surface area contributed by atoms with E-state index in [0.717, 1.165) is 0 Å². The fourth-order valence-electron chi connectivity index (χ4n) is 1.47. The number of amides is 1. The van der Waals surface area contributed by atoms with Crippen molar-refractivity contribution in [2.24, 2.45) is 0 Å². The second-order valence-electron chi connectivity index (χ2n) is 3.79. The molecule has 0 N–H and O–H groups in total. The summed E-state index contributed by atoms with van der Waals surface area (Å²) in [5.41, 5.74) is 1.24. The van der Waals surface area contributed by atoms with E-state index >= 15 is 0 Å². The predicted octanol–water partition coefficient (Wildman–Crippen LogP) is 4.04. The molecular weight excluding hydrogens is 274 g/mol. The third-order valence-electron chi connectivity index (χ3n) is 2.48. The predicted molar refractivity (Wildman–Crippen MR) is 74.2 cm³/mol. The molecule has 2 aromatic rings. The highest BCUT2D eigenvalue weighted by Gasteiger charge is 2.15. The zero-order valence-electron chi connectivity index (χ0n) is 9.57. The minimum Gasteiger partial charge on any atom is -0.336 e. The van der Waals surface area contributed by atoms with Crippen LogP contribution in [0.1, 0.15) is 20.1 Å². The molecule has 17 heavy (non-hydrogen) atoms. The van der Waals surface area contributed by atoms with Crippen LogP contribution in [0.5, 0.6) is 0 Å². The van der Waals surface area contributed by atoms with E-state index < -0.39 is 0 Å². The first kappa shape index (κ1) is 12.6. The van der Waals surface area contributed by atoms with Crippen molar-refractivity contribution in [3.63, 3.8) is 0 Å². The highest BCUT2D eigenvalue weighted by Crippen LogP contribution is 2.24. The lowest BCUT2D eigenvalue weighted by atomic mass is 10.3. The van der Waals surface area contributed by atoms with Crippen molar-refractivity contribution in [2.45, 2.75) is 13.5 Å². The lowest BCUT2D eigenvalue weighted by Crippen LogP contribution is -2.25. The molecule has 2 aromatic heterocycles. The van der Waals surface area contributed by atoms with Gasteiger partial charge in [-0.1, -0.05) is 11.6 Å². The van der Waals surface area contributed by atoms with Gasteiger partial charge in [0.2, 0.25) is 0 Å². The van der Waals surface area contributed by atoms with Crippen LogP contribution in [0.4, 0.5) is 0 Å². The second kappa shape index (κ2) is 5.21. The molecule has 0 bridgehead atoms. The third kappa shape index (κ3) is 2.89. The average molecular weight is 286 g/mol. The van der Waals surface area contributed by atoms with Gasteiger partial charge in [-0.05, 0) is 36.1 Å². The minimum atomic E-state index is 0.0229. The van der Waals surface area contributed by atoms with Gasteiger partial charge < -0.3 is 4.90 Å². The van der Waals surface area contributed by atoms with Gasteiger partial charge in [-0.15, -0.1) is 22.7 Å². The molecule has 0 radical (unpaired) electrons. The maximum absolute atomic E-state index is 12.1. The smallest absolute Gasteiger partial charge is 0.264 e. The standard InChI is InChI=1S/C12H12ClNOS2/c1-8-5-6-16-10(8)7-14(2)12(15)9-3-4-11(13)17-9/h3-6H,7H2,1-2H3. The number of halogens is 1. The van der Waals surface area contributed by atoms with Gasteiger partial charge >= 0.3 is 0 Å². The van der Waals surface area contributed by atoms with E-state index in [1.54, 1.807) is 28.4 Å². The van der Waals surface area contributed by atoms with E-state index in [4.69, 9.17) is 11.6 Å². The van der Waals surface area contributed by atoms with E-state index in [2.05, 4.69) is 13.0 Å². The van der Waals surface area contributed by atoms with E-state index in [0.29, 0.717) is 15.8 Å². The number of thiophene rings is 2. The van der Waals surface area contributed by atoms with Crippen molar-refractivity contribution in [2.75, 3.05) is 7.05 Å². The number of hydrogen-bond donors (Lipinski definition) is 0. The van der Waals surface area contributed by atoms with Gasteiger partial charge in [-0.3, -0.25) is 4.79 Å². The highest BCUT2D eigenvalue weighted by atomic mass is 35.5. The van der Waals surface area contributed by atoms with Crippen LogP contribution < -0.4 is 0 Å². The summed E-state index contributed by atoms with van der Waals surface area (Å²) in [6, 6.07) is 5.59. The van der Waals surface area contributed by atoms with Gasteiger partial charge in [0.1, 0.15) is 0 Å². The Morgan fingerprint density at radius 3 is 2.71 bits per heavy atom. The molecular formula is C12H12ClNOS2. The summed E-state index contributed by atoms with van der Waals surface area (Å²) in [4.78, 5) is 15.7. The van der Waals surface area contributed by atoms with Crippen LogP contribution in [0.2, 0.25) is 4.34 Å². The Bertz CT molecular complexity index is 532. The first-order valence-electron chi connectivity index (χ1n) is 5.11. The summed E-state index contributed by atoms with van der Waals surface area (Å²) in [5, 5.41) is 2.05. The molecule has 2 rings (SSSR count). The van der Waals surface area contributed by atoms with Crippen molar-refractivity contribution in [1.29, 1.82) is 0 Å². The summed E-state index contributed by atoms with van der Waals surface area (Å²) < 4.78 is 0.647. The number of rotatable bonds is 3. The van der Waals surface area contributed by atoms with Crippen LogP contribution in [0, 0.1) is 6.92 Å². The highest BCUT2D eigenvalue weighted by molar-refractivity contribution is 7.18. The van der Waals surface area contributed by atoms with E-state index in [-0.39, 0.29) is 5.91 Å². The van der Waals surface area contributed by atoms with E-state index in [1.165, 1.54) is 21.8 Å². The molecule has 0 atom stereocenters.